The van der Waals surface area contributed by atoms with Crippen molar-refractivity contribution in [2.24, 2.45) is 5.73 Å². The second-order valence-electron chi connectivity index (χ2n) is 0.705. The molecule has 0 unspecified atom stereocenters. The minimum Gasteiger partial charge on any atom is -0.474 e. The number of nitrogens with two attached hydrogens (primary N) is 1. The zero-order chi connectivity index (χ0) is 10.8. The van der Waals surface area contributed by atoms with Gasteiger partial charge in [0.15, 0.2) is 0 Å². The van der Waals surface area contributed by atoms with Crippen molar-refractivity contribution < 1.29 is 4.74 Å². The van der Waals surface area contributed by atoms with E-state index in [-0.39, 0.29) is 0 Å². The molecule has 74 valence electrons. The maximum atomic E-state index is 4.61. The number of hydrogen-bond acceptors (Lipinski definition) is 2. The average molecular weight is 173 g/mol. The van der Waals surface area contributed by atoms with E-state index in [1.165, 1.54) is 18.7 Å². The molecule has 0 amide bonds. The van der Waals surface area contributed by atoms with Crippen LogP contribution in [0, 0.1) is 0 Å². The summed E-state index contributed by atoms with van der Waals surface area (Å²) in [6, 6.07) is 0. The average Bonchev–Trinajstić information content (AvgIpc) is 2.14. The van der Waals surface area contributed by atoms with E-state index in [0.29, 0.717) is 0 Å². The quantitative estimate of drug-likeness (QED) is 0.649. The molecule has 0 radical (unpaired) electrons. The van der Waals surface area contributed by atoms with Gasteiger partial charge in [-0.2, -0.15) is 0 Å². The van der Waals surface area contributed by atoms with E-state index in [4.69, 9.17) is 0 Å². The molecule has 0 atom stereocenters. The van der Waals surface area contributed by atoms with Crippen LogP contribution in [0.2, 0.25) is 0 Å². The second-order valence-corrected chi connectivity index (χ2v) is 0.705. The molecule has 0 aromatic rings. The monoisotopic (exact) mass is 173 g/mol. The molecule has 2 N–H and O–H groups in total. The Balaban J connectivity index is -0.0000000397. The van der Waals surface area contributed by atoms with Gasteiger partial charge in [-0.1, -0.05) is 47.4 Å². The van der Waals surface area contributed by atoms with Crippen LogP contribution in [0.5, 0.6) is 0 Å². The summed E-state index contributed by atoms with van der Waals surface area (Å²) in [5.41, 5.74) is 4.61. The van der Waals surface area contributed by atoms with Gasteiger partial charge in [0.05, 0.1) is 12.5 Å². The highest BCUT2D eigenvalue weighted by atomic mass is 16.5. The first-order valence-corrected chi connectivity index (χ1v) is 4.03. The lowest BCUT2D eigenvalue weighted by Crippen LogP contribution is -1.67. The maximum absolute atomic E-state index is 4.61. The SMILES string of the molecule is C=CN.C=COC=C.CC.CC. The first-order valence-electron chi connectivity index (χ1n) is 4.03. The van der Waals surface area contributed by atoms with Gasteiger partial charge in [0.1, 0.15) is 0 Å². The van der Waals surface area contributed by atoms with Crippen molar-refractivity contribution in [3.05, 3.63) is 38.5 Å². The van der Waals surface area contributed by atoms with Gasteiger partial charge >= 0.3 is 0 Å². The zero-order valence-electron chi connectivity index (χ0n) is 8.84. The Morgan fingerprint density at radius 3 is 1.08 bits per heavy atom. The summed E-state index contributed by atoms with van der Waals surface area (Å²) in [5.74, 6) is 0. The molecule has 2 nitrogen and oxygen atoms in total. The molecule has 0 aromatic carbocycles. The van der Waals surface area contributed by atoms with Gasteiger partial charge in [-0.3, -0.25) is 0 Å². The third-order valence-electron chi connectivity index (χ3n) is 0.192. The van der Waals surface area contributed by atoms with Crippen LogP contribution in [0.15, 0.2) is 38.5 Å². The van der Waals surface area contributed by atoms with E-state index in [1.54, 1.807) is 0 Å². The molecule has 0 aliphatic rings. The number of hydrogen-bond donors (Lipinski definition) is 1. The molecule has 0 saturated carbocycles. The molecule has 0 aromatic heterocycles. The van der Waals surface area contributed by atoms with Gasteiger partial charge in [-0.05, 0) is 6.20 Å². The second kappa shape index (κ2) is 96.1. The van der Waals surface area contributed by atoms with E-state index >= 15 is 0 Å². The first kappa shape index (κ1) is 22.4. The lowest BCUT2D eigenvalue weighted by molar-refractivity contribution is 0.406. The molecular weight excluding hydrogens is 150 g/mol. The van der Waals surface area contributed by atoms with Crippen LogP contribution >= 0.6 is 0 Å². The molecule has 0 spiro atoms. The largest absolute Gasteiger partial charge is 0.474 e. The van der Waals surface area contributed by atoms with Gasteiger partial charge in [-0.25, -0.2) is 0 Å². The Kier molecular flexibility index (Phi) is 180. The Morgan fingerprint density at radius 2 is 1.08 bits per heavy atom. The van der Waals surface area contributed by atoms with Crippen LogP contribution in [0.1, 0.15) is 27.7 Å². The molecule has 0 saturated heterocycles. The summed E-state index contributed by atoms with van der Waals surface area (Å²) in [6.45, 7) is 17.7. The maximum Gasteiger partial charge on any atom is 0.0829 e. The Labute approximate surface area is 77.4 Å². The van der Waals surface area contributed by atoms with E-state index in [0.717, 1.165) is 0 Å². The van der Waals surface area contributed by atoms with Crippen LogP contribution < -0.4 is 5.73 Å². The zero-order valence-corrected chi connectivity index (χ0v) is 8.84. The van der Waals surface area contributed by atoms with E-state index < -0.39 is 0 Å². The third kappa shape index (κ3) is 802. The van der Waals surface area contributed by atoms with Crippen LogP contribution in [-0.2, 0) is 4.74 Å². The highest BCUT2D eigenvalue weighted by Crippen LogP contribution is 1.65. The van der Waals surface area contributed by atoms with Crippen molar-refractivity contribution in [3.63, 3.8) is 0 Å². The summed E-state index contributed by atoms with van der Waals surface area (Å²) in [7, 11) is 0. The van der Waals surface area contributed by atoms with Crippen LogP contribution in [0.3, 0.4) is 0 Å². The summed E-state index contributed by atoms with van der Waals surface area (Å²) >= 11 is 0. The predicted octanol–water partition coefficient (Wildman–Crippen LogP) is 3.43. The Morgan fingerprint density at radius 1 is 0.917 bits per heavy atom. The molecule has 0 aliphatic carbocycles. The van der Waals surface area contributed by atoms with Gasteiger partial charge < -0.3 is 10.5 Å². The van der Waals surface area contributed by atoms with E-state index in [2.05, 4.69) is 30.2 Å². The lowest BCUT2D eigenvalue weighted by Gasteiger charge is -1.76. The number of rotatable bonds is 2. The van der Waals surface area contributed by atoms with Crippen molar-refractivity contribution in [2.75, 3.05) is 0 Å². The third-order valence-corrected chi connectivity index (χ3v) is 0.192. The molecule has 0 heterocycles. The molecule has 12 heavy (non-hydrogen) atoms. The highest BCUT2D eigenvalue weighted by molar-refractivity contribution is 4.57. The van der Waals surface area contributed by atoms with Crippen molar-refractivity contribution in [1.29, 1.82) is 0 Å². The fraction of sp³-hybridized carbons (Fsp3) is 0.400. The van der Waals surface area contributed by atoms with Gasteiger partial charge in [-0.15, -0.1) is 0 Å². The summed E-state index contributed by atoms with van der Waals surface area (Å²) in [6.07, 6.45) is 3.88. The van der Waals surface area contributed by atoms with Gasteiger partial charge in [0.25, 0.3) is 0 Å². The minimum atomic E-state index is 1.25. The molecule has 2 heteroatoms. The smallest absolute Gasteiger partial charge is 0.0829 e. The van der Waals surface area contributed by atoms with Gasteiger partial charge in [0.2, 0.25) is 0 Å². The Bertz CT molecular complexity index is 64.2. The molecule has 0 bridgehead atoms. The van der Waals surface area contributed by atoms with E-state index in [9.17, 15) is 0 Å². The first-order chi connectivity index (χ1) is 5.83. The molecule has 0 fully saturated rings. The van der Waals surface area contributed by atoms with E-state index in [1.807, 2.05) is 27.7 Å². The summed E-state index contributed by atoms with van der Waals surface area (Å²) in [4.78, 5) is 0. The van der Waals surface area contributed by atoms with Crippen molar-refractivity contribution >= 4 is 0 Å². The van der Waals surface area contributed by atoms with Crippen LogP contribution in [0.4, 0.5) is 0 Å². The normalized spacial score (nSPS) is 4.33. The van der Waals surface area contributed by atoms with Crippen molar-refractivity contribution in [3.8, 4) is 0 Å². The topological polar surface area (TPSA) is 35.2 Å². The predicted molar refractivity (Wildman–Crippen MR) is 58.6 cm³/mol. The van der Waals surface area contributed by atoms with Crippen molar-refractivity contribution in [2.45, 2.75) is 27.7 Å². The molecule has 0 rings (SSSR count). The highest BCUT2D eigenvalue weighted by Gasteiger charge is 1.45. The van der Waals surface area contributed by atoms with Crippen molar-refractivity contribution in [1.82, 2.24) is 0 Å². The fourth-order valence-corrected chi connectivity index (χ4v) is 0.0680. The number of ether oxygens (including phenoxy) is 1. The summed E-state index contributed by atoms with van der Waals surface area (Å²) in [5, 5.41) is 0. The minimum absolute atomic E-state index is 1.25. The summed E-state index contributed by atoms with van der Waals surface area (Å²) < 4.78 is 4.36. The van der Waals surface area contributed by atoms with Crippen LogP contribution in [-0.4, -0.2) is 0 Å². The fourth-order valence-electron chi connectivity index (χ4n) is 0.0680. The van der Waals surface area contributed by atoms with Crippen LogP contribution in [0.25, 0.3) is 0 Å². The standard InChI is InChI=1S/C4H6O.C2H5N.2C2H6/c1-3-5-4-2;1-2-3;2*1-2/h3-4H,1-2H2;2H,1,3H2;2*1-2H3. The molecule has 0 aliphatic heterocycles. The van der Waals surface area contributed by atoms with Gasteiger partial charge in [0, 0.05) is 0 Å². The lowest BCUT2D eigenvalue weighted by atomic mass is 11.0. The Hall–Kier alpha value is -1.18. The molecular formula is C10H23NO.